The van der Waals surface area contributed by atoms with Crippen molar-refractivity contribution in [1.29, 1.82) is 0 Å². The number of rotatable bonds is 10. The molecule has 1 amide bonds. The molecule has 10 heteroatoms. The maximum absolute atomic E-state index is 12.4. The van der Waals surface area contributed by atoms with Gasteiger partial charge in [-0.2, -0.15) is 0 Å². The monoisotopic (exact) mass is 529 g/mol. The number of carbonyl (C=O) groups is 1. The van der Waals surface area contributed by atoms with Crippen molar-refractivity contribution in [1.82, 2.24) is 20.3 Å². The topological polar surface area (TPSA) is 141 Å². The number of benzene rings is 2. The quantitative estimate of drug-likeness (QED) is 0.211. The third kappa shape index (κ3) is 5.73. The molecule has 204 valence electrons. The van der Waals surface area contributed by atoms with E-state index in [1.54, 1.807) is 0 Å². The summed E-state index contributed by atoms with van der Waals surface area (Å²) >= 11 is 0. The standard InChI is InChI=1S/C29H35N7O3/c1-3-22-20(15-31-18(2)17-37)5-4-6-24(22)33-25-23(27(30)38)16-32-29-26(25)34-28(35-29)19-7-9-21(10-8-19)36-11-13-39-14-12-36/h4-10,16,18,31,37H,3,11-15,17H2,1-2H3,(H2,30,38)(H2,32,33,34,35). The Balaban J connectivity index is 1.49. The maximum atomic E-state index is 12.4. The molecule has 0 spiro atoms. The molecule has 1 fully saturated rings. The number of H-pyrrole nitrogens is 1. The molecule has 3 heterocycles. The van der Waals surface area contributed by atoms with Crippen molar-refractivity contribution in [2.24, 2.45) is 5.73 Å². The fourth-order valence-electron chi connectivity index (χ4n) is 4.87. The number of ether oxygens (including phenoxy) is 1. The zero-order valence-corrected chi connectivity index (χ0v) is 22.3. The average Bonchev–Trinajstić information content (AvgIpc) is 3.41. The fraction of sp³-hybridized carbons (Fsp3) is 0.345. The number of aromatic nitrogens is 3. The van der Waals surface area contributed by atoms with Crippen LogP contribution in [0.1, 0.15) is 35.3 Å². The average molecular weight is 530 g/mol. The number of aliphatic hydroxyl groups is 1. The van der Waals surface area contributed by atoms with Gasteiger partial charge in [0.15, 0.2) is 5.65 Å². The van der Waals surface area contributed by atoms with Gasteiger partial charge in [-0.1, -0.05) is 19.1 Å². The Morgan fingerprint density at radius 2 is 1.97 bits per heavy atom. The van der Waals surface area contributed by atoms with E-state index in [4.69, 9.17) is 15.5 Å². The minimum absolute atomic E-state index is 0.0157. The van der Waals surface area contributed by atoms with Crippen LogP contribution in [0.25, 0.3) is 22.6 Å². The molecule has 1 atom stereocenters. The Labute approximate surface area is 227 Å². The van der Waals surface area contributed by atoms with Crippen LogP contribution in [0.2, 0.25) is 0 Å². The number of aromatic amines is 1. The molecule has 1 unspecified atom stereocenters. The van der Waals surface area contributed by atoms with Crippen molar-refractivity contribution in [3.05, 3.63) is 65.4 Å². The first-order chi connectivity index (χ1) is 19.0. The highest BCUT2D eigenvalue weighted by molar-refractivity contribution is 6.06. The van der Waals surface area contributed by atoms with Gasteiger partial charge in [0.2, 0.25) is 0 Å². The van der Waals surface area contributed by atoms with Gasteiger partial charge in [0.05, 0.1) is 31.1 Å². The smallest absolute Gasteiger partial charge is 0.252 e. The number of carbonyl (C=O) groups excluding carboxylic acids is 1. The van der Waals surface area contributed by atoms with Gasteiger partial charge in [-0.15, -0.1) is 0 Å². The molecule has 2 aromatic carbocycles. The molecule has 5 rings (SSSR count). The molecular formula is C29H35N7O3. The van der Waals surface area contributed by atoms with Crippen LogP contribution >= 0.6 is 0 Å². The number of imidazole rings is 1. The summed E-state index contributed by atoms with van der Waals surface area (Å²) in [7, 11) is 0. The Morgan fingerprint density at radius 3 is 2.67 bits per heavy atom. The highest BCUT2D eigenvalue weighted by Gasteiger charge is 2.20. The number of anilines is 3. The highest BCUT2D eigenvalue weighted by Crippen LogP contribution is 2.33. The molecule has 2 aromatic heterocycles. The number of amides is 1. The predicted octanol–water partition coefficient (Wildman–Crippen LogP) is 3.34. The number of hydrogen-bond donors (Lipinski definition) is 5. The first kappa shape index (κ1) is 26.6. The SMILES string of the molecule is CCc1c(CNC(C)CO)cccc1Nc1c(C(N)=O)cnc2[nH]c(-c3ccc(N4CCOCC4)cc3)nc12. The van der Waals surface area contributed by atoms with E-state index in [-0.39, 0.29) is 18.2 Å². The molecule has 1 saturated heterocycles. The van der Waals surface area contributed by atoms with Crippen molar-refractivity contribution in [3.63, 3.8) is 0 Å². The molecule has 0 bridgehead atoms. The molecular weight excluding hydrogens is 494 g/mol. The molecule has 6 N–H and O–H groups in total. The van der Waals surface area contributed by atoms with E-state index in [0.29, 0.717) is 29.2 Å². The van der Waals surface area contributed by atoms with E-state index < -0.39 is 5.91 Å². The first-order valence-electron chi connectivity index (χ1n) is 13.3. The number of fused-ring (bicyclic) bond motifs is 1. The van der Waals surface area contributed by atoms with E-state index in [9.17, 15) is 9.90 Å². The van der Waals surface area contributed by atoms with Gasteiger partial charge in [0.1, 0.15) is 11.3 Å². The van der Waals surface area contributed by atoms with Gasteiger partial charge in [-0.25, -0.2) is 9.97 Å². The molecule has 0 aliphatic carbocycles. The van der Waals surface area contributed by atoms with Gasteiger partial charge in [0.25, 0.3) is 5.91 Å². The number of nitrogens with one attached hydrogen (secondary N) is 3. The second-order valence-electron chi connectivity index (χ2n) is 9.73. The lowest BCUT2D eigenvalue weighted by molar-refractivity contribution is 0.100. The zero-order valence-electron chi connectivity index (χ0n) is 22.3. The number of hydrogen-bond acceptors (Lipinski definition) is 8. The van der Waals surface area contributed by atoms with Gasteiger partial charge < -0.3 is 36.1 Å². The van der Waals surface area contributed by atoms with Crippen LogP contribution in [0, 0.1) is 0 Å². The lowest BCUT2D eigenvalue weighted by Gasteiger charge is -2.28. The summed E-state index contributed by atoms with van der Waals surface area (Å²) in [6, 6.07) is 14.2. The lowest BCUT2D eigenvalue weighted by atomic mass is 10.0. The number of pyridine rings is 1. The van der Waals surface area contributed by atoms with E-state index in [2.05, 4.69) is 50.6 Å². The van der Waals surface area contributed by atoms with Crippen LogP contribution < -0.4 is 21.3 Å². The molecule has 4 aromatic rings. The summed E-state index contributed by atoms with van der Waals surface area (Å²) in [6.07, 6.45) is 2.26. The molecule has 10 nitrogen and oxygen atoms in total. The van der Waals surface area contributed by atoms with Gasteiger partial charge in [0, 0.05) is 48.8 Å². The number of primary amides is 1. The third-order valence-corrected chi connectivity index (χ3v) is 7.10. The van der Waals surface area contributed by atoms with Crippen molar-refractivity contribution >= 4 is 34.1 Å². The van der Waals surface area contributed by atoms with E-state index >= 15 is 0 Å². The normalized spacial score (nSPS) is 14.5. The van der Waals surface area contributed by atoms with Gasteiger partial charge >= 0.3 is 0 Å². The Bertz CT molecular complexity index is 1450. The lowest BCUT2D eigenvalue weighted by Crippen LogP contribution is -2.36. The van der Waals surface area contributed by atoms with E-state index in [1.807, 2.05) is 31.2 Å². The molecule has 39 heavy (non-hydrogen) atoms. The third-order valence-electron chi connectivity index (χ3n) is 7.10. The first-order valence-corrected chi connectivity index (χ1v) is 13.3. The number of aliphatic hydroxyl groups excluding tert-OH is 1. The second-order valence-corrected chi connectivity index (χ2v) is 9.73. The Kier molecular flexibility index (Phi) is 8.06. The van der Waals surface area contributed by atoms with Crippen LogP contribution in [0.15, 0.2) is 48.7 Å². The van der Waals surface area contributed by atoms with Gasteiger partial charge in [-0.05, 0) is 54.8 Å². The zero-order chi connectivity index (χ0) is 27.4. The van der Waals surface area contributed by atoms with Crippen molar-refractivity contribution in [3.8, 4) is 11.4 Å². The molecule has 1 aliphatic rings. The van der Waals surface area contributed by atoms with Crippen LogP contribution in [-0.2, 0) is 17.7 Å². The molecule has 1 aliphatic heterocycles. The van der Waals surface area contributed by atoms with Crippen LogP contribution in [-0.4, -0.2) is 64.9 Å². The van der Waals surface area contributed by atoms with Crippen LogP contribution in [0.5, 0.6) is 0 Å². The number of nitrogens with two attached hydrogens (primary N) is 1. The highest BCUT2D eigenvalue weighted by atomic mass is 16.5. The minimum atomic E-state index is -0.584. The molecule has 0 radical (unpaired) electrons. The number of morpholine rings is 1. The van der Waals surface area contributed by atoms with E-state index in [0.717, 1.165) is 60.8 Å². The predicted molar refractivity (Wildman–Crippen MR) is 153 cm³/mol. The summed E-state index contributed by atoms with van der Waals surface area (Å²) in [4.78, 5) is 27.3. The summed E-state index contributed by atoms with van der Waals surface area (Å²) < 4.78 is 5.46. The summed E-state index contributed by atoms with van der Waals surface area (Å²) in [5.74, 6) is 0.0707. The maximum Gasteiger partial charge on any atom is 0.252 e. The Morgan fingerprint density at radius 1 is 1.21 bits per heavy atom. The van der Waals surface area contributed by atoms with Crippen molar-refractivity contribution < 1.29 is 14.6 Å². The largest absolute Gasteiger partial charge is 0.395 e. The van der Waals surface area contributed by atoms with Crippen LogP contribution in [0.4, 0.5) is 17.1 Å². The van der Waals surface area contributed by atoms with Gasteiger partial charge in [-0.3, -0.25) is 4.79 Å². The summed E-state index contributed by atoms with van der Waals surface area (Å²) in [5.41, 5.74) is 12.8. The number of nitrogens with zero attached hydrogens (tertiary/aromatic N) is 3. The van der Waals surface area contributed by atoms with E-state index in [1.165, 1.54) is 6.20 Å². The Hall–Kier alpha value is -3.99. The summed E-state index contributed by atoms with van der Waals surface area (Å²) in [6.45, 7) is 7.91. The van der Waals surface area contributed by atoms with Crippen molar-refractivity contribution in [2.45, 2.75) is 32.9 Å². The summed E-state index contributed by atoms with van der Waals surface area (Å²) in [5, 5.41) is 16.2. The second kappa shape index (κ2) is 11.8. The minimum Gasteiger partial charge on any atom is -0.395 e. The van der Waals surface area contributed by atoms with Crippen LogP contribution in [0.3, 0.4) is 0 Å². The fourth-order valence-corrected chi connectivity index (χ4v) is 4.87. The van der Waals surface area contributed by atoms with Crippen molar-refractivity contribution in [2.75, 3.05) is 43.1 Å². The molecule has 0 saturated carbocycles.